The molecule has 1 aromatic carbocycles. The molecule has 0 saturated heterocycles. The number of carbonyl (C=O) groups is 1. The Labute approximate surface area is 133 Å². The van der Waals surface area contributed by atoms with Crippen molar-refractivity contribution >= 4 is 5.91 Å². The average Bonchev–Trinajstić information content (AvgIpc) is 3.14. The van der Waals surface area contributed by atoms with Gasteiger partial charge in [0.05, 0.1) is 5.41 Å². The minimum atomic E-state index is -0.182. The first-order valence-corrected chi connectivity index (χ1v) is 8.66. The molecule has 4 unspecified atom stereocenters. The van der Waals surface area contributed by atoms with Crippen LogP contribution in [0.3, 0.4) is 0 Å². The maximum atomic E-state index is 13.0. The van der Waals surface area contributed by atoms with Gasteiger partial charge in [-0.3, -0.25) is 4.79 Å². The van der Waals surface area contributed by atoms with Crippen molar-refractivity contribution < 1.29 is 4.79 Å². The average molecular weight is 300 g/mol. The Morgan fingerprint density at radius 1 is 1.36 bits per heavy atom. The number of carbonyl (C=O) groups excluding carboxylic acids is 1. The van der Waals surface area contributed by atoms with Crippen LogP contribution in [0.1, 0.15) is 38.2 Å². The molecule has 0 aromatic heterocycles. The lowest BCUT2D eigenvalue weighted by Crippen LogP contribution is -2.47. The van der Waals surface area contributed by atoms with Gasteiger partial charge in [0.2, 0.25) is 5.91 Å². The third-order valence-electron chi connectivity index (χ3n) is 5.80. The van der Waals surface area contributed by atoms with E-state index < -0.39 is 0 Å². The van der Waals surface area contributed by atoms with Crippen LogP contribution < -0.4 is 11.1 Å². The van der Waals surface area contributed by atoms with Crippen molar-refractivity contribution in [2.75, 3.05) is 13.1 Å². The third kappa shape index (κ3) is 2.91. The zero-order chi connectivity index (χ0) is 15.6. The molecule has 0 spiro atoms. The molecule has 1 amide bonds. The molecule has 22 heavy (non-hydrogen) atoms. The highest BCUT2D eigenvalue weighted by molar-refractivity contribution is 5.84. The van der Waals surface area contributed by atoms with Gasteiger partial charge in [-0.05, 0) is 55.5 Å². The van der Waals surface area contributed by atoms with Crippen LogP contribution in [0.2, 0.25) is 0 Å². The Morgan fingerprint density at radius 3 is 2.73 bits per heavy atom. The Balaban J connectivity index is 1.77. The molecule has 1 aromatic rings. The van der Waals surface area contributed by atoms with E-state index in [-0.39, 0.29) is 11.3 Å². The van der Waals surface area contributed by atoms with Crippen LogP contribution in [0.5, 0.6) is 0 Å². The standard InChI is InChI=1S/C19H28N2O/c1-14(12-20)13-21-18(22)19(10-15-5-3-2-4-6-15)11-16-7-8-17(19)9-16/h2-6,14,16-17H,7-13,20H2,1H3,(H,21,22). The summed E-state index contributed by atoms with van der Waals surface area (Å²) < 4.78 is 0. The smallest absolute Gasteiger partial charge is 0.226 e. The highest BCUT2D eigenvalue weighted by Gasteiger charge is 2.55. The van der Waals surface area contributed by atoms with Crippen LogP contribution in [0.15, 0.2) is 30.3 Å². The maximum Gasteiger partial charge on any atom is 0.226 e. The van der Waals surface area contributed by atoms with Crippen LogP contribution >= 0.6 is 0 Å². The molecule has 2 aliphatic rings. The molecule has 3 rings (SSSR count). The van der Waals surface area contributed by atoms with Crippen molar-refractivity contribution in [1.82, 2.24) is 5.32 Å². The fourth-order valence-electron chi connectivity index (χ4n) is 4.51. The monoisotopic (exact) mass is 300 g/mol. The SMILES string of the molecule is CC(CN)CNC(=O)C1(Cc2ccccc2)CC2CCC1C2. The van der Waals surface area contributed by atoms with Gasteiger partial charge in [0.15, 0.2) is 0 Å². The second-order valence-corrected chi connectivity index (χ2v) is 7.45. The number of hydrogen-bond acceptors (Lipinski definition) is 2. The zero-order valence-electron chi connectivity index (χ0n) is 13.6. The normalized spacial score (nSPS) is 31.2. The molecule has 2 fully saturated rings. The van der Waals surface area contributed by atoms with Gasteiger partial charge >= 0.3 is 0 Å². The van der Waals surface area contributed by atoms with E-state index in [1.54, 1.807) is 0 Å². The summed E-state index contributed by atoms with van der Waals surface area (Å²) >= 11 is 0. The molecule has 2 aliphatic carbocycles. The summed E-state index contributed by atoms with van der Waals surface area (Å²) in [5, 5.41) is 3.20. The van der Waals surface area contributed by atoms with E-state index in [4.69, 9.17) is 5.73 Å². The fraction of sp³-hybridized carbons (Fsp3) is 0.632. The number of amides is 1. The lowest BCUT2D eigenvalue weighted by atomic mass is 9.68. The molecule has 3 N–H and O–H groups in total. The van der Waals surface area contributed by atoms with E-state index in [1.165, 1.54) is 24.8 Å². The Hall–Kier alpha value is -1.35. The van der Waals surface area contributed by atoms with Crippen molar-refractivity contribution in [2.24, 2.45) is 28.9 Å². The summed E-state index contributed by atoms with van der Waals surface area (Å²) in [6, 6.07) is 10.5. The number of nitrogens with one attached hydrogen (secondary N) is 1. The van der Waals surface area contributed by atoms with E-state index in [9.17, 15) is 4.79 Å². The highest BCUT2D eigenvalue weighted by atomic mass is 16.2. The van der Waals surface area contributed by atoms with E-state index in [1.807, 2.05) is 6.07 Å². The quantitative estimate of drug-likeness (QED) is 0.849. The van der Waals surface area contributed by atoms with E-state index in [0.717, 1.165) is 18.8 Å². The Bertz CT molecular complexity index is 515. The van der Waals surface area contributed by atoms with Gasteiger partial charge in [-0.25, -0.2) is 0 Å². The topological polar surface area (TPSA) is 55.1 Å². The first-order valence-electron chi connectivity index (χ1n) is 8.66. The van der Waals surface area contributed by atoms with Gasteiger partial charge in [0.25, 0.3) is 0 Å². The minimum absolute atomic E-state index is 0.182. The molecule has 3 heteroatoms. The molecule has 0 aliphatic heterocycles. The van der Waals surface area contributed by atoms with Gasteiger partial charge in [0, 0.05) is 6.54 Å². The predicted molar refractivity (Wildman–Crippen MR) is 89.3 cm³/mol. The maximum absolute atomic E-state index is 13.0. The summed E-state index contributed by atoms with van der Waals surface area (Å²) in [6.45, 7) is 3.41. The second kappa shape index (κ2) is 6.41. The van der Waals surface area contributed by atoms with Gasteiger partial charge in [-0.1, -0.05) is 43.7 Å². The molecule has 0 radical (unpaired) electrons. The number of benzene rings is 1. The van der Waals surface area contributed by atoms with E-state index in [0.29, 0.717) is 24.9 Å². The Morgan fingerprint density at radius 2 is 2.14 bits per heavy atom. The molecular formula is C19H28N2O. The van der Waals surface area contributed by atoms with Crippen LogP contribution in [-0.2, 0) is 11.2 Å². The zero-order valence-corrected chi connectivity index (χ0v) is 13.6. The number of rotatable bonds is 6. The molecule has 4 atom stereocenters. The third-order valence-corrected chi connectivity index (χ3v) is 5.80. The molecule has 3 nitrogen and oxygen atoms in total. The molecule has 0 heterocycles. The van der Waals surface area contributed by atoms with Crippen LogP contribution in [0.25, 0.3) is 0 Å². The van der Waals surface area contributed by atoms with Crippen molar-refractivity contribution in [1.29, 1.82) is 0 Å². The molecule has 120 valence electrons. The number of hydrogen-bond donors (Lipinski definition) is 2. The lowest BCUT2D eigenvalue weighted by Gasteiger charge is -2.37. The highest BCUT2D eigenvalue weighted by Crippen LogP contribution is 2.57. The largest absolute Gasteiger partial charge is 0.355 e. The molecule has 2 bridgehead atoms. The first kappa shape index (κ1) is 15.5. The van der Waals surface area contributed by atoms with Gasteiger partial charge in [-0.2, -0.15) is 0 Å². The fourth-order valence-corrected chi connectivity index (χ4v) is 4.51. The minimum Gasteiger partial charge on any atom is -0.355 e. The molecule has 2 saturated carbocycles. The number of nitrogens with two attached hydrogens (primary N) is 1. The van der Waals surface area contributed by atoms with E-state index in [2.05, 4.69) is 36.5 Å². The Kier molecular flexibility index (Phi) is 4.53. The van der Waals surface area contributed by atoms with Crippen molar-refractivity contribution in [3.05, 3.63) is 35.9 Å². The lowest BCUT2D eigenvalue weighted by molar-refractivity contribution is -0.134. The summed E-state index contributed by atoms with van der Waals surface area (Å²) in [4.78, 5) is 13.0. The summed E-state index contributed by atoms with van der Waals surface area (Å²) in [6.07, 6.45) is 5.73. The summed E-state index contributed by atoms with van der Waals surface area (Å²) in [5.41, 5.74) is 6.78. The van der Waals surface area contributed by atoms with Crippen LogP contribution in [0, 0.1) is 23.2 Å². The van der Waals surface area contributed by atoms with Crippen LogP contribution in [0.4, 0.5) is 0 Å². The van der Waals surface area contributed by atoms with E-state index >= 15 is 0 Å². The van der Waals surface area contributed by atoms with Crippen molar-refractivity contribution in [3.63, 3.8) is 0 Å². The van der Waals surface area contributed by atoms with Crippen molar-refractivity contribution in [2.45, 2.75) is 39.0 Å². The summed E-state index contributed by atoms with van der Waals surface area (Å²) in [5.74, 6) is 1.93. The van der Waals surface area contributed by atoms with Crippen LogP contribution in [-0.4, -0.2) is 19.0 Å². The van der Waals surface area contributed by atoms with Gasteiger partial charge < -0.3 is 11.1 Å². The van der Waals surface area contributed by atoms with Gasteiger partial charge in [-0.15, -0.1) is 0 Å². The summed E-state index contributed by atoms with van der Waals surface area (Å²) in [7, 11) is 0. The number of fused-ring (bicyclic) bond motifs is 2. The molecular weight excluding hydrogens is 272 g/mol. The second-order valence-electron chi connectivity index (χ2n) is 7.45. The van der Waals surface area contributed by atoms with Crippen molar-refractivity contribution in [3.8, 4) is 0 Å². The first-order chi connectivity index (χ1) is 10.6. The van der Waals surface area contributed by atoms with Gasteiger partial charge in [0.1, 0.15) is 0 Å². The predicted octanol–water partition coefficient (Wildman–Crippen LogP) is 2.75.